The minimum atomic E-state index is -1.05. The molecule has 2 fully saturated rings. The molecule has 3 aliphatic rings. The number of carbonyl (C=O) groups is 4. The summed E-state index contributed by atoms with van der Waals surface area (Å²) in [4.78, 5) is 59.5. The Kier molecular flexibility index (Phi) is 7.14. The fourth-order valence-electron chi connectivity index (χ4n) is 7.16. The number of aromatic nitrogens is 1. The van der Waals surface area contributed by atoms with E-state index in [4.69, 9.17) is 32.9 Å². The summed E-state index contributed by atoms with van der Waals surface area (Å²) in [5.41, 5.74) is 4.65. The Morgan fingerprint density at radius 3 is 2.33 bits per heavy atom. The van der Waals surface area contributed by atoms with E-state index in [1.807, 2.05) is 13.8 Å². The Morgan fingerprint density at radius 2 is 1.62 bits per heavy atom. The Balaban J connectivity index is 1.20. The van der Waals surface area contributed by atoms with Crippen molar-refractivity contribution in [1.29, 1.82) is 0 Å². The largest absolute Gasteiger partial charge is 0.451 e. The molecule has 1 aromatic heterocycles. The maximum absolute atomic E-state index is 13.6. The SMILES string of the molecule is CC1=CC2CC1C1C(=O)N(c3ccc(-c4cc(C(=O)OC(C)C(=O)c5ccc(Cl)cc5)c5ccc(Cl)c(C)c5n4)cc3)C(=O)C21. The summed E-state index contributed by atoms with van der Waals surface area (Å²) in [6.45, 7) is 5.39. The van der Waals surface area contributed by atoms with Crippen LogP contribution in [0, 0.1) is 30.6 Å². The number of imide groups is 1. The van der Waals surface area contributed by atoms with Crippen LogP contribution in [0.15, 0.2) is 78.4 Å². The third-order valence-electron chi connectivity index (χ3n) is 9.47. The van der Waals surface area contributed by atoms with E-state index in [0.717, 1.165) is 6.42 Å². The maximum Gasteiger partial charge on any atom is 0.339 e. The molecule has 0 spiro atoms. The first kappa shape index (κ1) is 29.4. The van der Waals surface area contributed by atoms with Crippen LogP contribution >= 0.6 is 23.2 Å². The van der Waals surface area contributed by atoms with E-state index in [9.17, 15) is 19.2 Å². The van der Waals surface area contributed by atoms with Crippen LogP contribution in [0.25, 0.3) is 22.2 Å². The first-order chi connectivity index (χ1) is 21.5. The zero-order chi connectivity index (χ0) is 31.7. The van der Waals surface area contributed by atoms with Gasteiger partial charge in [0.1, 0.15) is 0 Å². The zero-order valence-electron chi connectivity index (χ0n) is 24.7. The highest BCUT2D eigenvalue weighted by molar-refractivity contribution is 6.32. The van der Waals surface area contributed by atoms with Gasteiger partial charge in [-0.15, -0.1) is 0 Å². The molecule has 2 aliphatic carbocycles. The Hall–Kier alpha value is -4.33. The first-order valence-corrected chi connectivity index (χ1v) is 15.6. The summed E-state index contributed by atoms with van der Waals surface area (Å²) in [5, 5.41) is 1.52. The Morgan fingerprint density at radius 1 is 0.933 bits per heavy atom. The van der Waals surface area contributed by atoms with Gasteiger partial charge in [0.05, 0.1) is 34.3 Å². The van der Waals surface area contributed by atoms with Gasteiger partial charge < -0.3 is 4.74 Å². The lowest BCUT2D eigenvalue weighted by atomic mass is 9.82. The minimum Gasteiger partial charge on any atom is -0.451 e. The molecule has 2 heterocycles. The second kappa shape index (κ2) is 10.9. The number of halogens is 2. The molecule has 2 bridgehead atoms. The molecule has 5 atom stereocenters. The zero-order valence-corrected chi connectivity index (χ0v) is 26.2. The molecule has 9 heteroatoms. The van der Waals surface area contributed by atoms with Crippen LogP contribution in [0.5, 0.6) is 0 Å². The molecule has 1 saturated heterocycles. The standard InChI is InChI=1S/C36H28Cl2N2O5/c1-17-14-22-15-26(17)31-30(22)34(42)40(35(31)43)24-10-6-20(7-11-24)29-16-27(25-12-13-28(38)18(2)32(25)39-29)36(44)45-19(3)33(41)21-4-8-23(37)9-5-21/h4-14,16,19,22,26,30-31H,15H2,1-3H3. The molecule has 0 N–H and O–H groups in total. The minimum absolute atomic E-state index is 0.125. The summed E-state index contributed by atoms with van der Waals surface area (Å²) >= 11 is 12.4. The van der Waals surface area contributed by atoms with E-state index in [1.165, 1.54) is 17.4 Å². The number of amides is 2. The van der Waals surface area contributed by atoms with Crippen molar-refractivity contribution in [3.05, 3.63) is 105 Å². The number of esters is 1. The van der Waals surface area contributed by atoms with Crippen molar-refractivity contribution in [1.82, 2.24) is 4.98 Å². The number of nitrogens with zero attached hydrogens (tertiary/aromatic N) is 2. The fraction of sp³-hybridized carbons (Fsp3) is 0.250. The third kappa shape index (κ3) is 4.77. The van der Waals surface area contributed by atoms with Gasteiger partial charge in [-0.2, -0.15) is 0 Å². The highest BCUT2D eigenvalue weighted by Crippen LogP contribution is 2.56. The van der Waals surface area contributed by atoms with Gasteiger partial charge >= 0.3 is 5.97 Å². The Labute approximate surface area is 269 Å². The molecule has 226 valence electrons. The highest BCUT2D eigenvalue weighted by Gasteiger charge is 2.60. The van der Waals surface area contributed by atoms with E-state index in [2.05, 4.69) is 6.08 Å². The summed E-state index contributed by atoms with van der Waals surface area (Å²) in [6.07, 6.45) is 1.98. The Bertz CT molecular complexity index is 1970. The average molecular weight is 640 g/mol. The van der Waals surface area contributed by atoms with Gasteiger partial charge in [0.25, 0.3) is 0 Å². The number of aryl methyl sites for hydroxylation is 1. The van der Waals surface area contributed by atoms with E-state index >= 15 is 0 Å². The van der Waals surface area contributed by atoms with E-state index in [-0.39, 0.29) is 46.8 Å². The van der Waals surface area contributed by atoms with Gasteiger partial charge in [-0.1, -0.05) is 53.1 Å². The number of ether oxygens (including phenoxy) is 1. The van der Waals surface area contributed by atoms with Crippen molar-refractivity contribution < 1.29 is 23.9 Å². The monoisotopic (exact) mass is 638 g/mol. The number of rotatable bonds is 6. The quantitative estimate of drug-likeness (QED) is 0.0932. The third-order valence-corrected chi connectivity index (χ3v) is 10.1. The number of hydrogen-bond donors (Lipinski definition) is 0. The first-order valence-electron chi connectivity index (χ1n) is 14.8. The smallest absolute Gasteiger partial charge is 0.339 e. The maximum atomic E-state index is 13.6. The van der Waals surface area contributed by atoms with Crippen LogP contribution in [0.1, 0.15) is 46.5 Å². The van der Waals surface area contributed by atoms with E-state index in [0.29, 0.717) is 49.0 Å². The predicted octanol–water partition coefficient (Wildman–Crippen LogP) is 7.65. The van der Waals surface area contributed by atoms with Crippen LogP contribution in [0.2, 0.25) is 10.0 Å². The summed E-state index contributed by atoms with van der Waals surface area (Å²) in [7, 11) is 0. The number of allylic oxidation sites excluding steroid dienone is 2. The number of Topliss-reactive ketones (excluding diaryl/α,β-unsaturated/α-hetero) is 1. The molecule has 5 unspecified atom stereocenters. The number of carbonyl (C=O) groups excluding carboxylic acids is 4. The van der Waals surface area contributed by atoms with E-state index in [1.54, 1.807) is 66.7 Å². The van der Waals surface area contributed by atoms with Crippen LogP contribution in [0.3, 0.4) is 0 Å². The van der Waals surface area contributed by atoms with Crippen LogP contribution in [0.4, 0.5) is 5.69 Å². The second-order valence-corrected chi connectivity index (χ2v) is 12.9. The lowest BCUT2D eigenvalue weighted by Gasteiger charge is -2.19. The normalized spacial score (nSPS) is 22.5. The van der Waals surface area contributed by atoms with Crippen molar-refractivity contribution in [2.24, 2.45) is 23.7 Å². The molecule has 7 rings (SSSR count). The van der Waals surface area contributed by atoms with Crippen molar-refractivity contribution in [2.45, 2.75) is 33.3 Å². The fourth-order valence-corrected chi connectivity index (χ4v) is 7.44. The lowest BCUT2D eigenvalue weighted by molar-refractivity contribution is -0.123. The van der Waals surface area contributed by atoms with Gasteiger partial charge in [0, 0.05) is 26.6 Å². The molecule has 45 heavy (non-hydrogen) atoms. The van der Waals surface area contributed by atoms with Crippen molar-refractivity contribution in [2.75, 3.05) is 4.90 Å². The number of ketones is 1. The van der Waals surface area contributed by atoms with Gasteiger partial charge in [-0.05, 0) is 93.1 Å². The van der Waals surface area contributed by atoms with Crippen molar-refractivity contribution >= 4 is 63.4 Å². The molecule has 7 nitrogen and oxygen atoms in total. The van der Waals surface area contributed by atoms with E-state index < -0.39 is 12.1 Å². The van der Waals surface area contributed by atoms with Gasteiger partial charge in [0.15, 0.2) is 6.10 Å². The molecule has 3 aromatic carbocycles. The summed E-state index contributed by atoms with van der Waals surface area (Å²) < 4.78 is 5.66. The summed E-state index contributed by atoms with van der Waals surface area (Å²) in [5.74, 6) is -1.64. The number of fused-ring (bicyclic) bond motifs is 6. The topological polar surface area (TPSA) is 93.6 Å². The van der Waals surface area contributed by atoms with Gasteiger partial charge in [0.2, 0.25) is 17.6 Å². The highest BCUT2D eigenvalue weighted by atomic mass is 35.5. The summed E-state index contributed by atoms with van der Waals surface area (Å²) in [6, 6.07) is 18.4. The average Bonchev–Trinajstić information content (AvgIpc) is 3.68. The van der Waals surface area contributed by atoms with Crippen molar-refractivity contribution in [3.63, 3.8) is 0 Å². The van der Waals surface area contributed by atoms with Crippen LogP contribution in [-0.4, -0.2) is 34.7 Å². The molecular formula is C36H28Cl2N2O5. The number of anilines is 1. The number of benzene rings is 3. The van der Waals surface area contributed by atoms with Gasteiger partial charge in [-0.25, -0.2) is 9.78 Å². The molecule has 1 aliphatic heterocycles. The number of hydrogen-bond acceptors (Lipinski definition) is 6. The molecule has 0 radical (unpaired) electrons. The molecule has 1 saturated carbocycles. The molecular weight excluding hydrogens is 611 g/mol. The molecule has 2 amide bonds. The predicted molar refractivity (Wildman–Crippen MR) is 172 cm³/mol. The van der Waals surface area contributed by atoms with Crippen LogP contribution < -0.4 is 4.90 Å². The number of pyridine rings is 1. The lowest BCUT2D eigenvalue weighted by Crippen LogP contribution is -2.32. The molecule has 4 aromatic rings. The van der Waals surface area contributed by atoms with Crippen LogP contribution in [-0.2, 0) is 14.3 Å². The second-order valence-electron chi connectivity index (χ2n) is 12.1. The van der Waals surface area contributed by atoms with Gasteiger partial charge in [-0.3, -0.25) is 19.3 Å². The van der Waals surface area contributed by atoms with Crippen molar-refractivity contribution in [3.8, 4) is 11.3 Å².